The molecular weight excluding hydrogens is 1220 g/mol. The molecule has 16 N–H and O–H groups in total. The Bertz CT molecular complexity index is 2920. The third-order valence-corrected chi connectivity index (χ3v) is 16.1. The van der Waals surface area contributed by atoms with E-state index < -0.39 is 192 Å². The van der Waals surface area contributed by atoms with Crippen LogP contribution in [0.15, 0.2) is 121 Å². The average Bonchev–Trinajstić information content (AvgIpc) is 1.28. The van der Waals surface area contributed by atoms with Crippen LogP contribution in [0.2, 0.25) is 0 Å². The number of amides is 4. The van der Waals surface area contributed by atoms with Gasteiger partial charge >= 0.3 is 24.4 Å². The van der Waals surface area contributed by atoms with E-state index in [4.69, 9.17) is 62.6 Å². The molecule has 504 valence electrons. The molecule has 0 radical (unpaired) electrons. The minimum Gasteiger partial charge on any atom is -0.445 e. The molecule has 0 unspecified atom stereocenters. The lowest BCUT2D eigenvalue weighted by atomic mass is 9.83. The molecule has 31 nitrogen and oxygen atoms in total. The van der Waals surface area contributed by atoms with Crippen LogP contribution in [-0.4, -0.2) is 243 Å². The van der Waals surface area contributed by atoms with Gasteiger partial charge in [0.15, 0.2) is 25.2 Å². The third kappa shape index (κ3) is 18.1. The molecule has 1 saturated carbocycles. The first-order valence-electron chi connectivity index (χ1n) is 29.9. The molecule has 0 aromatic heterocycles. The monoisotopic (exact) mass is 1300 g/mol. The molecule has 4 saturated heterocycles. The lowest BCUT2D eigenvalue weighted by Gasteiger charge is -2.48. The first kappa shape index (κ1) is 69.5. The Labute approximate surface area is 527 Å². The van der Waals surface area contributed by atoms with Crippen molar-refractivity contribution in [2.75, 3.05) is 26.4 Å². The molecule has 5 aliphatic rings. The summed E-state index contributed by atoms with van der Waals surface area (Å²) in [5.41, 5.74) is 9.00. The predicted octanol–water partition coefficient (Wildman–Crippen LogP) is -2.14. The molecule has 31 heteroatoms. The number of nitrogens with two attached hydrogens (primary N) is 1. The van der Waals surface area contributed by atoms with Crippen LogP contribution in [0.3, 0.4) is 0 Å². The first-order chi connectivity index (χ1) is 44.4. The normalized spacial score (nSPS) is 34.6. The van der Waals surface area contributed by atoms with Gasteiger partial charge in [0.2, 0.25) is 0 Å². The van der Waals surface area contributed by atoms with Crippen molar-refractivity contribution in [3.63, 3.8) is 0 Å². The number of rotatable bonds is 24. The van der Waals surface area contributed by atoms with Crippen LogP contribution in [-0.2, 0) is 83.3 Å². The van der Waals surface area contributed by atoms with E-state index in [1.807, 2.05) is 0 Å². The Morgan fingerprint density at radius 1 is 0.402 bits per heavy atom. The van der Waals surface area contributed by atoms with Gasteiger partial charge in [0.25, 0.3) is 0 Å². The van der Waals surface area contributed by atoms with Crippen LogP contribution in [0.25, 0.3) is 0 Å². The van der Waals surface area contributed by atoms with E-state index in [1.165, 1.54) is 0 Å². The van der Waals surface area contributed by atoms with Crippen molar-refractivity contribution in [2.24, 2.45) is 5.73 Å². The van der Waals surface area contributed by atoms with Gasteiger partial charge in [0.1, 0.15) is 112 Å². The Hall–Kier alpha value is -6.80. The molecule has 92 heavy (non-hydrogen) atoms. The lowest BCUT2D eigenvalue weighted by molar-refractivity contribution is -0.349. The number of aliphatic hydroxyl groups is 10. The summed E-state index contributed by atoms with van der Waals surface area (Å²) in [6, 6.07) is 28.8. The maximum absolute atomic E-state index is 13.8. The van der Waals surface area contributed by atoms with E-state index in [1.54, 1.807) is 121 Å². The molecular formula is C61H79N5O26. The van der Waals surface area contributed by atoms with Crippen LogP contribution in [0, 0.1) is 0 Å². The van der Waals surface area contributed by atoms with Crippen molar-refractivity contribution in [2.45, 2.75) is 180 Å². The highest BCUT2D eigenvalue weighted by Crippen LogP contribution is 2.37. The standard InChI is InChI=1S/C61H79N5O26/c62-35-21-36(64-59(78)82-28-32-15-7-2-8-16-32)50(89-54-37(22-38(70)40(24-67)86-54)65-60(79)83-29-33-17-9-3-10-18-33)53(44(35)71)92-57-49(76)52(42(26-69)88-57)90-55-43(66-61(80)84-30-34-19-11-4-12-20-34)46(73)51(91-56-48(75)47(74)45(72)41(25-68)87-56)39(85-55)23-63-58(77)81-27-31-13-5-1-6-14-31/h1-20,35-57,67-76H,21-30,62H2,(H,63,77)(H,64,78)(H,65,79)(H,66,80)/t35-,36+,37-,38+,39+,40-,41-,42-,43-,44+,45-,46-,47+,48+,49-,50-,51-,52-,53-,54-,55-,56-,57+/m1/s1. The average molecular weight is 1300 g/mol. The Morgan fingerprint density at radius 2 is 0.815 bits per heavy atom. The summed E-state index contributed by atoms with van der Waals surface area (Å²) < 4.78 is 71.5. The molecule has 23 atom stereocenters. The van der Waals surface area contributed by atoms with Crippen LogP contribution < -0.4 is 27.0 Å². The smallest absolute Gasteiger partial charge is 0.407 e. The molecule has 4 amide bonds. The second-order valence-electron chi connectivity index (χ2n) is 22.6. The molecule has 4 aromatic carbocycles. The van der Waals surface area contributed by atoms with Gasteiger partial charge in [0.05, 0.1) is 44.1 Å². The Morgan fingerprint density at radius 3 is 1.34 bits per heavy atom. The van der Waals surface area contributed by atoms with E-state index in [9.17, 15) is 70.2 Å². The molecule has 5 fully saturated rings. The zero-order valence-corrected chi connectivity index (χ0v) is 49.5. The maximum atomic E-state index is 13.8. The third-order valence-electron chi connectivity index (χ3n) is 16.1. The molecule has 1 aliphatic carbocycles. The van der Waals surface area contributed by atoms with Crippen molar-refractivity contribution < 1.29 is 127 Å². The van der Waals surface area contributed by atoms with Crippen LogP contribution in [0.1, 0.15) is 35.1 Å². The molecule has 4 aromatic rings. The fourth-order valence-electron chi connectivity index (χ4n) is 11.1. The van der Waals surface area contributed by atoms with E-state index in [0.717, 1.165) is 0 Å². The summed E-state index contributed by atoms with van der Waals surface area (Å²) in [5, 5.41) is 122. The maximum Gasteiger partial charge on any atom is 0.407 e. The van der Waals surface area contributed by atoms with Gasteiger partial charge in [-0.2, -0.15) is 0 Å². The van der Waals surface area contributed by atoms with E-state index in [0.29, 0.717) is 22.3 Å². The zero-order chi connectivity index (χ0) is 65.4. The van der Waals surface area contributed by atoms with Crippen LogP contribution in [0.5, 0.6) is 0 Å². The van der Waals surface area contributed by atoms with Crippen molar-refractivity contribution in [1.29, 1.82) is 0 Å². The van der Waals surface area contributed by atoms with E-state index in [2.05, 4.69) is 21.3 Å². The fourth-order valence-corrected chi connectivity index (χ4v) is 11.1. The number of benzene rings is 4. The Balaban J connectivity index is 0.995. The summed E-state index contributed by atoms with van der Waals surface area (Å²) in [6.07, 6.45) is -38.3. The van der Waals surface area contributed by atoms with Gasteiger partial charge in [-0.3, -0.25) is 0 Å². The van der Waals surface area contributed by atoms with Gasteiger partial charge in [-0.25, -0.2) is 19.2 Å². The largest absolute Gasteiger partial charge is 0.445 e. The van der Waals surface area contributed by atoms with Crippen molar-refractivity contribution in [3.8, 4) is 0 Å². The molecule has 4 aliphatic heterocycles. The quantitative estimate of drug-likeness (QED) is 0.0333. The number of carbonyl (C=O) groups is 4. The highest BCUT2D eigenvalue weighted by atomic mass is 16.8. The van der Waals surface area contributed by atoms with Crippen molar-refractivity contribution >= 4 is 24.4 Å². The molecule has 4 heterocycles. The number of hydrogen-bond donors (Lipinski definition) is 15. The molecule has 0 spiro atoms. The number of carbonyl (C=O) groups excluding carboxylic acids is 4. The van der Waals surface area contributed by atoms with Gasteiger partial charge in [-0.05, 0) is 28.7 Å². The minimum atomic E-state index is -2.07. The Kier molecular flexibility index (Phi) is 25.2. The van der Waals surface area contributed by atoms with Crippen molar-refractivity contribution in [1.82, 2.24) is 21.3 Å². The molecule has 0 bridgehead atoms. The number of nitrogens with one attached hydrogen (secondary N) is 4. The number of hydrogen-bond acceptors (Lipinski definition) is 27. The summed E-state index contributed by atoms with van der Waals surface area (Å²) in [7, 11) is 0. The zero-order valence-electron chi connectivity index (χ0n) is 49.5. The van der Waals surface area contributed by atoms with Gasteiger partial charge in [-0.1, -0.05) is 121 Å². The van der Waals surface area contributed by atoms with E-state index in [-0.39, 0.29) is 39.3 Å². The highest BCUT2D eigenvalue weighted by molar-refractivity contribution is 5.69. The molecule has 9 rings (SSSR count). The van der Waals surface area contributed by atoms with Gasteiger partial charge < -0.3 is 135 Å². The van der Waals surface area contributed by atoms with Crippen LogP contribution >= 0.6 is 0 Å². The first-order valence-corrected chi connectivity index (χ1v) is 29.9. The second kappa shape index (κ2) is 33.3. The van der Waals surface area contributed by atoms with Gasteiger partial charge in [-0.15, -0.1) is 0 Å². The summed E-state index contributed by atoms with van der Waals surface area (Å²) >= 11 is 0. The summed E-state index contributed by atoms with van der Waals surface area (Å²) in [6.45, 7) is -4.03. The van der Waals surface area contributed by atoms with E-state index >= 15 is 0 Å². The predicted molar refractivity (Wildman–Crippen MR) is 310 cm³/mol. The summed E-state index contributed by atoms with van der Waals surface area (Å²) in [4.78, 5) is 54.2. The highest BCUT2D eigenvalue weighted by Gasteiger charge is 2.57. The van der Waals surface area contributed by atoms with Crippen LogP contribution in [0.4, 0.5) is 19.2 Å². The summed E-state index contributed by atoms with van der Waals surface area (Å²) in [5.74, 6) is 0. The number of ether oxygens (including phenoxy) is 12. The van der Waals surface area contributed by atoms with Crippen molar-refractivity contribution in [3.05, 3.63) is 144 Å². The second-order valence-corrected chi connectivity index (χ2v) is 22.6. The fraction of sp³-hybridized carbons (Fsp3) is 0.541. The number of alkyl carbamates (subject to hydrolysis) is 4. The SMILES string of the molecule is N[C@@H]1C[C@H](NC(=O)OCc2ccccc2)[C@@H](O[C@H]2O[C@H](CO)[C@@H](O)C[C@H]2NC(=O)OCc2ccccc2)[C@H](O[C@@H]2O[C@H](CO)[C@@H](O[C@H]3O[C@@H](CNC(=O)OCc4ccccc4)[C@@H](O[C@H]4O[C@H](CO)[C@@H](O)[C@H](O)[C@@H]4O)[C@H](O)[C@H]3NC(=O)OCc3ccccc3)[C@H]2O)[C@H]1O. The number of aliphatic hydroxyl groups excluding tert-OH is 10. The topological polar surface area (TPSA) is 455 Å². The minimum absolute atomic E-state index is 0.160. The van der Waals surface area contributed by atoms with Gasteiger partial charge in [0, 0.05) is 19.0 Å². The lowest BCUT2D eigenvalue weighted by Crippen LogP contribution is -2.69.